The van der Waals surface area contributed by atoms with Crippen LogP contribution in [-0.4, -0.2) is 24.7 Å². The molecular formula is C35H25F5N2O5S. The molecule has 5 aromatic rings. The van der Waals surface area contributed by atoms with Gasteiger partial charge in [-0.15, -0.1) is 0 Å². The lowest BCUT2D eigenvalue weighted by Crippen LogP contribution is -2.15. The number of nitrogens with zero attached hydrogens (tertiary/aromatic N) is 2. The number of aryl methyl sites for hydroxylation is 2. The first-order valence-corrected chi connectivity index (χ1v) is 16.5. The summed E-state index contributed by atoms with van der Waals surface area (Å²) >= 11 is 0. The van der Waals surface area contributed by atoms with Crippen molar-refractivity contribution in [1.29, 1.82) is 0 Å². The van der Waals surface area contributed by atoms with Crippen LogP contribution in [-0.2, 0) is 20.9 Å². The molecule has 0 spiro atoms. The fourth-order valence-corrected chi connectivity index (χ4v) is 7.43. The van der Waals surface area contributed by atoms with E-state index in [2.05, 4.69) is 9.44 Å². The lowest BCUT2D eigenvalue weighted by molar-refractivity contribution is 0.103. The topological polar surface area (TPSA) is 87.0 Å². The number of fused-ring (bicyclic) bond motifs is 5. The van der Waals surface area contributed by atoms with Crippen LogP contribution < -0.4 is 4.74 Å². The molecule has 13 heteroatoms. The molecule has 0 radical (unpaired) electrons. The lowest BCUT2D eigenvalue weighted by Gasteiger charge is -2.08. The van der Waals surface area contributed by atoms with Crippen LogP contribution in [0.3, 0.4) is 0 Å². The van der Waals surface area contributed by atoms with Gasteiger partial charge in [0.1, 0.15) is 5.75 Å². The highest BCUT2D eigenvalue weighted by molar-refractivity contribution is 7.86. The van der Waals surface area contributed by atoms with Crippen molar-refractivity contribution in [3.8, 4) is 5.75 Å². The van der Waals surface area contributed by atoms with Gasteiger partial charge >= 0.3 is 10.1 Å². The maximum absolute atomic E-state index is 14.4. The van der Waals surface area contributed by atoms with Crippen molar-refractivity contribution in [1.82, 2.24) is 4.57 Å². The number of ether oxygens (including phenoxy) is 1. The third-order valence-corrected chi connectivity index (χ3v) is 9.96. The predicted octanol–water partition coefficient (Wildman–Crippen LogP) is 8.49. The molecule has 7 rings (SSSR count). The Morgan fingerprint density at radius 1 is 0.896 bits per heavy atom. The molecule has 0 amide bonds. The second-order valence-electron chi connectivity index (χ2n) is 11.6. The minimum absolute atomic E-state index is 0.177. The van der Waals surface area contributed by atoms with Crippen LogP contribution in [0.5, 0.6) is 5.75 Å². The van der Waals surface area contributed by atoms with Crippen LogP contribution in [0, 0.1) is 36.0 Å². The maximum Gasteiger partial charge on any atom is 0.364 e. The number of hydrogen-bond donors (Lipinski definition) is 0. The van der Waals surface area contributed by atoms with Crippen molar-refractivity contribution in [2.45, 2.75) is 51.0 Å². The molecule has 7 nitrogen and oxygen atoms in total. The summed E-state index contributed by atoms with van der Waals surface area (Å²) in [5.74, 6) is -12.8. The van der Waals surface area contributed by atoms with Gasteiger partial charge in [-0.05, 0) is 80.6 Å². The molecule has 0 bridgehead atoms. The number of carbonyl (C=O) groups is 1. The van der Waals surface area contributed by atoms with Crippen molar-refractivity contribution in [2.75, 3.05) is 0 Å². The number of oxime groups is 1. The second-order valence-corrected chi connectivity index (χ2v) is 13.0. The highest BCUT2D eigenvalue weighted by Crippen LogP contribution is 2.48. The van der Waals surface area contributed by atoms with E-state index < -0.39 is 44.1 Å². The Morgan fingerprint density at radius 3 is 2.21 bits per heavy atom. The minimum Gasteiger partial charge on any atom is -0.435 e. The molecule has 4 aromatic carbocycles. The molecule has 0 N–H and O–H groups in total. The Kier molecular flexibility index (Phi) is 7.61. The normalized spacial score (nSPS) is 15.5. The zero-order valence-corrected chi connectivity index (χ0v) is 26.3. The molecule has 2 heterocycles. The van der Waals surface area contributed by atoms with Gasteiger partial charge in [0.2, 0.25) is 5.82 Å². The number of halogens is 5. The third kappa shape index (κ3) is 4.78. The molecule has 0 unspecified atom stereocenters. The van der Waals surface area contributed by atoms with Gasteiger partial charge in [0.05, 0.1) is 16.5 Å². The van der Waals surface area contributed by atoms with E-state index in [1.165, 1.54) is 0 Å². The largest absolute Gasteiger partial charge is 0.435 e. The fourth-order valence-electron chi connectivity index (χ4n) is 6.57. The smallest absolute Gasteiger partial charge is 0.364 e. The number of carbonyl (C=O) groups excluding carboxylic acids is 1. The van der Waals surface area contributed by atoms with Crippen LogP contribution in [0.2, 0.25) is 0 Å². The summed E-state index contributed by atoms with van der Waals surface area (Å²) in [6.07, 6.45) is 2.89. The van der Waals surface area contributed by atoms with Crippen molar-refractivity contribution >= 4 is 49.2 Å². The molecule has 0 saturated heterocycles. The summed E-state index contributed by atoms with van der Waals surface area (Å²) in [5, 5.41) is 4.88. The average molecular weight is 681 g/mol. The molecule has 1 aliphatic carbocycles. The van der Waals surface area contributed by atoms with Gasteiger partial charge in [0.15, 0.2) is 33.9 Å². The molecule has 2 aliphatic rings. The molecule has 1 aromatic heterocycles. The van der Waals surface area contributed by atoms with Crippen LogP contribution >= 0.6 is 0 Å². The second kappa shape index (κ2) is 11.6. The summed E-state index contributed by atoms with van der Waals surface area (Å²) in [4.78, 5) is 11.4. The van der Waals surface area contributed by atoms with E-state index in [1.807, 2.05) is 42.7 Å². The SMILES string of the molecule is CCn1c2ccc(C(=O)c3ccccc3C)cc2c2c3c(ccc21)C(=C1CCCC1)/C(=N/OS(=O)(=O)c1c(F)c(F)c(F)c(F)c1F)O3. The van der Waals surface area contributed by atoms with Crippen molar-refractivity contribution in [3.63, 3.8) is 0 Å². The Morgan fingerprint density at radius 2 is 1.54 bits per heavy atom. The van der Waals surface area contributed by atoms with Gasteiger partial charge in [0.25, 0.3) is 5.90 Å². The fraction of sp³-hybridized carbons (Fsp3) is 0.200. The van der Waals surface area contributed by atoms with E-state index in [4.69, 9.17) is 4.74 Å². The Balaban J connectivity index is 1.39. The van der Waals surface area contributed by atoms with Crippen LogP contribution in [0.25, 0.3) is 27.4 Å². The summed E-state index contributed by atoms with van der Waals surface area (Å²) in [6.45, 7) is 4.36. The number of allylic oxidation sites excluding steroid dienone is 1. The van der Waals surface area contributed by atoms with Crippen LogP contribution in [0.1, 0.15) is 59.7 Å². The molecule has 48 heavy (non-hydrogen) atoms. The standard InChI is InChI=1S/C35H25F5N2O5S/c1-3-42-23-14-12-19(32(43)20-11-7-4-8-17(20)2)16-22(23)26-24(42)15-13-21-25(18-9-5-6-10-18)35(46-33(21)26)41-47-48(44,45)34-30(39)28(37)27(36)29(38)31(34)40/h4,7-8,11-16H,3,5-6,9-10H2,1-2H3/b41-35-. The van der Waals surface area contributed by atoms with Crippen LogP contribution in [0.15, 0.2) is 70.2 Å². The van der Waals surface area contributed by atoms with Crippen molar-refractivity contribution < 1.29 is 44.2 Å². The van der Waals surface area contributed by atoms with E-state index in [1.54, 1.807) is 30.3 Å². The number of benzene rings is 4. The van der Waals surface area contributed by atoms with Crippen molar-refractivity contribution in [2.24, 2.45) is 5.16 Å². The Hall–Kier alpha value is -5.04. The van der Waals surface area contributed by atoms with E-state index in [0.717, 1.165) is 35.0 Å². The Labute approximate surface area is 271 Å². The zero-order valence-electron chi connectivity index (χ0n) is 25.5. The maximum atomic E-state index is 14.4. The minimum atomic E-state index is -5.66. The number of ketones is 1. The van der Waals surface area contributed by atoms with Gasteiger partial charge in [-0.25, -0.2) is 22.0 Å². The molecular weight excluding hydrogens is 655 g/mol. The zero-order chi connectivity index (χ0) is 34.1. The molecule has 0 atom stereocenters. The van der Waals surface area contributed by atoms with Gasteiger partial charge in [-0.1, -0.05) is 29.8 Å². The highest BCUT2D eigenvalue weighted by atomic mass is 32.2. The van der Waals surface area contributed by atoms with E-state index in [9.17, 15) is 35.2 Å². The average Bonchev–Trinajstić information content (AvgIpc) is 3.81. The molecule has 246 valence electrons. The summed E-state index contributed by atoms with van der Waals surface area (Å²) in [7, 11) is -5.66. The molecule has 1 aliphatic heterocycles. The van der Waals surface area contributed by atoms with Crippen LogP contribution in [0.4, 0.5) is 22.0 Å². The monoisotopic (exact) mass is 680 g/mol. The van der Waals surface area contributed by atoms with Crippen molar-refractivity contribution in [3.05, 3.63) is 112 Å². The van der Waals surface area contributed by atoms with E-state index in [0.29, 0.717) is 52.4 Å². The third-order valence-electron chi connectivity index (χ3n) is 8.83. The van der Waals surface area contributed by atoms with Gasteiger partial charge in [-0.3, -0.25) is 9.08 Å². The summed E-state index contributed by atoms with van der Waals surface area (Å²) in [5.41, 5.74) is 5.16. The number of hydrogen-bond acceptors (Lipinski definition) is 6. The predicted molar refractivity (Wildman–Crippen MR) is 168 cm³/mol. The van der Waals surface area contributed by atoms with Gasteiger partial charge < -0.3 is 9.30 Å². The van der Waals surface area contributed by atoms with Gasteiger partial charge in [0, 0.05) is 34.1 Å². The number of aromatic nitrogens is 1. The molecule has 1 saturated carbocycles. The first-order chi connectivity index (χ1) is 22.9. The van der Waals surface area contributed by atoms with E-state index >= 15 is 0 Å². The van der Waals surface area contributed by atoms with Gasteiger partial charge in [-0.2, -0.15) is 8.42 Å². The van der Waals surface area contributed by atoms with E-state index in [-0.39, 0.29) is 17.4 Å². The quantitative estimate of drug-likeness (QED) is 0.0591. The lowest BCUT2D eigenvalue weighted by atomic mass is 9.96. The molecule has 1 fully saturated rings. The summed E-state index contributed by atoms with van der Waals surface area (Å²) < 4.78 is 109. The highest BCUT2D eigenvalue weighted by Gasteiger charge is 2.37. The first kappa shape index (κ1) is 31.6. The Bertz CT molecular complexity index is 2360. The summed E-state index contributed by atoms with van der Waals surface area (Å²) in [6, 6.07) is 16.2. The number of rotatable bonds is 6. The first-order valence-electron chi connectivity index (χ1n) is 15.1.